The molecule has 0 aliphatic carbocycles. The molecule has 3 aromatic carbocycles. The van der Waals surface area contributed by atoms with Crippen LogP contribution in [0.4, 0.5) is 17.1 Å². The van der Waals surface area contributed by atoms with E-state index in [1.165, 1.54) is 30.3 Å². The minimum absolute atomic E-state index is 0.0627. The molecule has 0 saturated carbocycles. The number of carboxylic acids is 1. The van der Waals surface area contributed by atoms with Crippen LogP contribution in [0.2, 0.25) is 5.02 Å². The molecule has 0 unspecified atom stereocenters. The molecular formula is C21H17ClN4O6S. The van der Waals surface area contributed by atoms with E-state index in [4.69, 9.17) is 11.6 Å². The number of nitrogens with one attached hydrogen (secondary N) is 2. The molecule has 12 heteroatoms. The van der Waals surface area contributed by atoms with Gasteiger partial charge in [0.05, 0.1) is 27.6 Å². The summed E-state index contributed by atoms with van der Waals surface area (Å²) in [5, 5.41) is 25.1. The number of nitro benzene ring substituents is 1. The van der Waals surface area contributed by atoms with Crippen molar-refractivity contribution < 1.29 is 23.2 Å². The highest BCUT2D eigenvalue weighted by atomic mass is 35.5. The SMILES string of the molecule is CC(=NNc1ccc([N+](=O)[O-])cc1S(=O)(=O)Nc1ccccc1C(=O)O)c1ccccc1Cl. The average molecular weight is 489 g/mol. The highest BCUT2D eigenvalue weighted by Crippen LogP contribution is 2.29. The summed E-state index contributed by atoms with van der Waals surface area (Å²) in [7, 11) is -4.45. The summed E-state index contributed by atoms with van der Waals surface area (Å²) in [6.45, 7) is 1.65. The Balaban J connectivity index is 2.04. The van der Waals surface area contributed by atoms with Crippen LogP contribution in [0.25, 0.3) is 0 Å². The number of para-hydroxylation sites is 1. The predicted octanol–water partition coefficient (Wildman–Crippen LogP) is 4.58. The number of hydrogen-bond donors (Lipinski definition) is 3. The number of nitrogens with zero attached hydrogens (tertiary/aromatic N) is 2. The van der Waals surface area contributed by atoms with Crippen LogP contribution in [0.5, 0.6) is 0 Å². The van der Waals surface area contributed by atoms with Crippen LogP contribution >= 0.6 is 11.6 Å². The first-order valence-corrected chi connectivity index (χ1v) is 11.1. The normalized spacial score (nSPS) is 11.6. The molecule has 0 heterocycles. The Hall–Kier alpha value is -3.96. The summed E-state index contributed by atoms with van der Waals surface area (Å²) in [6, 6.07) is 15.4. The zero-order valence-electron chi connectivity index (χ0n) is 17.0. The minimum atomic E-state index is -4.45. The number of anilines is 2. The Labute approximate surface area is 193 Å². The van der Waals surface area contributed by atoms with Crippen molar-refractivity contribution in [2.45, 2.75) is 11.8 Å². The molecular weight excluding hydrogens is 472 g/mol. The van der Waals surface area contributed by atoms with Crippen molar-refractivity contribution in [2.24, 2.45) is 5.10 Å². The Morgan fingerprint density at radius 1 is 1.03 bits per heavy atom. The van der Waals surface area contributed by atoms with E-state index in [9.17, 15) is 28.4 Å². The van der Waals surface area contributed by atoms with E-state index in [0.29, 0.717) is 16.3 Å². The van der Waals surface area contributed by atoms with Crippen LogP contribution in [0.15, 0.2) is 76.7 Å². The van der Waals surface area contributed by atoms with E-state index < -0.39 is 31.5 Å². The Morgan fingerprint density at radius 3 is 2.30 bits per heavy atom. The lowest BCUT2D eigenvalue weighted by Crippen LogP contribution is -2.17. The Kier molecular flexibility index (Phi) is 6.95. The third kappa shape index (κ3) is 5.45. The lowest BCUT2D eigenvalue weighted by Gasteiger charge is -2.14. The predicted molar refractivity (Wildman–Crippen MR) is 125 cm³/mol. The van der Waals surface area contributed by atoms with Gasteiger partial charge in [0, 0.05) is 22.7 Å². The van der Waals surface area contributed by atoms with Gasteiger partial charge in [-0.25, -0.2) is 13.2 Å². The molecule has 0 saturated heterocycles. The van der Waals surface area contributed by atoms with E-state index in [-0.39, 0.29) is 16.9 Å². The summed E-state index contributed by atoms with van der Waals surface area (Å²) in [5.74, 6) is -1.34. The second-order valence-electron chi connectivity index (χ2n) is 6.68. The fourth-order valence-corrected chi connectivity index (χ4v) is 4.39. The van der Waals surface area contributed by atoms with Gasteiger partial charge in [-0.2, -0.15) is 5.10 Å². The maximum absolute atomic E-state index is 13.1. The van der Waals surface area contributed by atoms with Crippen molar-refractivity contribution in [1.29, 1.82) is 0 Å². The minimum Gasteiger partial charge on any atom is -0.478 e. The van der Waals surface area contributed by atoms with E-state index >= 15 is 0 Å². The molecule has 3 N–H and O–H groups in total. The lowest BCUT2D eigenvalue weighted by molar-refractivity contribution is -0.385. The molecule has 0 aliphatic rings. The molecule has 0 bridgehead atoms. The summed E-state index contributed by atoms with van der Waals surface area (Å²) in [5.41, 5.74) is 2.63. The number of aromatic carboxylic acids is 1. The number of nitro groups is 1. The van der Waals surface area contributed by atoms with Gasteiger partial charge in [-0.05, 0) is 31.2 Å². The lowest BCUT2D eigenvalue weighted by atomic mass is 10.1. The quantitative estimate of drug-likeness (QED) is 0.238. The van der Waals surface area contributed by atoms with Crippen molar-refractivity contribution in [3.05, 3.63) is 93.0 Å². The number of hydrogen-bond acceptors (Lipinski definition) is 7. The molecule has 0 fully saturated rings. The molecule has 33 heavy (non-hydrogen) atoms. The number of non-ortho nitro benzene ring substituents is 1. The summed E-state index contributed by atoms with van der Waals surface area (Å²) >= 11 is 6.15. The van der Waals surface area contributed by atoms with Crippen molar-refractivity contribution in [3.63, 3.8) is 0 Å². The van der Waals surface area contributed by atoms with Gasteiger partial charge in [-0.1, -0.05) is 41.9 Å². The van der Waals surface area contributed by atoms with E-state index in [1.54, 1.807) is 31.2 Å². The number of halogens is 1. The molecule has 0 atom stereocenters. The van der Waals surface area contributed by atoms with Gasteiger partial charge in [0.25, 0.3) is 15.7 Å². The smallest absolute Gasteiger partial charge is 0.337 e. The molecule has 0 radical (unpaired) electrons. The van der Waals surface area contributed by atoms with Gasteiger partial charge in [0.15, 0.2) is 0 Å². The van der Waals surface area contributed by atoms with Crippen LogP contribution in [-0.4, -0.2) is 30.1 Å². The molecule has 10 nitrogen and oxygen atoms in total. The molecule has 3 rings (SSSR count). The number of carboxylic acid groups (broad SMARTS) is 1. The first-order valence-electron chi connectivity index (χ1n) is 9.29. The van der Waals surface area contributed by atoms with Gasteiger partial charge in [0.2, 0.25) is 0 Å². The second kappa shape index (κ2) is 9.67. The van der Waals surface area contributed by atoms with Crippen molar-refractivity contribution in [3.8, 4) is 0 Å². The zero-order valence-corrected chi connectivity index (χ0v) is 18.6. The number of hydrazone groups is 1. The third-order valence-corrected chi connectivity index (χ3v) is 6.21. The van der Waals surface area contributed by atoms with Crippen LogP contribution in [0, 0.1) is 10.1 Å². The van der Waals surface area contributed by atoms with Crippen LogP contribution in [0.3, 0.4) is 0 Å². The van der Waals surface area contributed by atoms with Crippen LogP contribution in [0.1, 0.15) is 22.8 Å². The van der Waals surface area contributed by atoms with Crippen molar-refractivity contribution in [2.75, 3.05) is 10.1 Å². The van der Waals surface area contributed by atoms with E-state index in [0.717, 1.165) is 12.1 Å². The number of sulfonamides is 1. The Bertz CT molecular complexity index is 1370. The molecule has 3 aromatic rings. The van der Waals surface area contributed by atoms with Gasteiger partial charge < -0.3 is 5.11 Å². The van der Waals surface area contributed by atoms with Gasteiger partial charge >= 0.3 is 5.97 Å². The first-order chi connectivity index (χ1) is 15.6. The van der Waals surface area contributed by atoms with Gasteiger partial charge in [0.1, 0.15) is 4.90 Å². The highest BCUT2D eigenvalue weighted by molar-refractivity contribution is 7.93. The summed E-state index contributed by atoms with van der Waals surface area (Å²) < 4.78 is 28.4. The highest BCUT2D eigenvalue weighted by Gasteiger charge is 2.24. The first kappa shape index (κ1) is 23.7. The van der Waals surface area contributed by atoms with Gasteiger partial charge in [-0.3, -0.25) is 20.3 Å². The maximum atomic E-state index is 13.1. The average Bonchev–Trinajstić information content (AvgIpc) is 2.77. The van der Waals surface area contributed by atoms with E-state index in [1.807, 2.05) is 0 Å². The number of rotatable bonds is 8. The largest absolute Gasteiger partial charge is 0.478 e. The molecule has 0 aliphatic heterocycles. The van der Waals surface area contributed by atoms with E-state index in [2.05, 4.69) is 15.2 Å². The summed E-state index contributed by atoms with van der Waals surface area (Å²) in [4.78, 5) is 21.4. The Morgan fingerprint density at radius 2 is 1.67 bits per heavy atom. The van der Waals surface area contributed by atoms with Crippen LogP contribution in [-0.2, 0) is 10.0 Å². The summed E-state index contributed by atoms with van der Waals surface area (Å²) in [6.07, 6.45) is 0. The number of benzene rings is 3. The molecule has 0 spiro atoms. The number of carbonyl (C=O) groups is 1. The van der Waals surface area contributed by atoms with Crippen molar-refractivity contribution in [1.82, 2.24) is 0 Å². The van der Waals surface area contributed by atoms with Crippen LogP contribution < -0.4 is 10.1 Å². The maximum Gasteiger partial charge on any atom is 0.337 e. The monoisotopic (exact) mass is 488 g/mol. The molecule has 170 valence electrons. The van der Waals surface area contributed by atoms with Gasteiger partial charge in [-0.15, -0.1) is 0 Å². The fourth-order valence-electron chi connectivity index (χ4n) is 2.86. The zero-order chi connectivity index (χ0) is 24.2. The third-order valence-electron chi connectivity index (χ3n) is 4.48. The fraction of sp³-hybridized carbons (Fsp3) is 0.0476. The molecule has 0 aromatic heterocycles. The van der Waals surface area contributed by atoms with Crippen molar-refractivity contribution >= 4 is 50.4 Å². The molecule has 0 amide bonds. The topological polar surface area (TPSA) is 151 Å². The second-order valence-corrected chi connectivity index (χ2v) is 8.74. The standard InChI is InChI=1S/C21H17ClN4O6S/c1-13(15-6-2-4-8-17(15)22)23-24-19-11-10-14(26(29)30)12-20(19)33(31,32)25-18-9-5-3-7-16(18)21(27)28/h2-12,24-25H,1H3,(H,27,28).